The van der Waals surface area contributed by atoms with Crippen LogP contribution in [-0.2, 0) is 32.0 Å². The third kappa shape index (κ3) is 8.62. The largest absolute Gasteiger partial charge is 0.533 e. The number of fused-ring (bicyclic) bond motifs is 3. The van der Waals surface area contributed by atoms with Gasteiger partial charge in [0.1, 0.15) is 6.61 Å². The quantitative estimate of drug-likeness (QED) is 0.0897. The molecule has 67 heavy (non-hydrogen) atoms. The number of imide groups is 1. The summed E-state index contributed by atoms with van der Waals surface area (Å²) in [5, 5.41) is -0.103. The topological polar surface area (TPSA) is 72.9 Å². The summed E-state index contributed by atoms with van der Waals surface area (Å²) >= 11 is 0. The molecule has 0 unspecified atom stereocenters. The molecule has 1 saturated heterocycles. The third-order valence-electron chi connectivity index (χ3n) is 10.3. The van der Waals surface area contributed by atoms with Gasteiger partial charge in [-0.1, -0.05) is 41.5 Å². The van der Waals surface area contributed by atoms with E-state index in [9.17, 15) is 129 Å². The molecule has 1 aliphatic carbocycles. The Morgan fingerprint density at radius 2 is 0.791 bits per heavy atom. The fraction of sp³-hybridized carbons (Fsp3) is 0.571. The van der Waals surface area contributed by atoms with Crippen molar-refractivity contribution in [3.8, 4) is 11.1 Å². The molecule has 2 aromatic carbocycles. The van der Waals surface area contributed by atoms with Crippen molar-refractivity contribution in [2.75, 3.05) is 6.61 Å². The molecule has 0 bridgehead atoms. The lowest BCUT2D eigenvalue weighted by molar-refractivity contribution is -0.440. The van der Waals surface area contributed by atoms with Crippen molar-refractivity contribution in [1.29, 1.82) is 0 Å². The van der Waals surface area contributed by atoms with Gasteiger partial charge in [0.2, 0.25) is 0 Å². The number of rotatable bonds is 17. The van der Waals surface area contributed by atoms with Crippen LogP contribution < -0.4 is 0 Å². The molecule has 1 aliphatic heterocycles. The van der Waals surface area contributed by atoms with E-state index in [1.165, 1.54) is 0 Å². The van der Waals surface area contributed by atoms with Gasteiger partial charge in [-0.15, -0.1) is 0 Å². The van der Waals surface area contributed by atoms with Gasteiger partial charge in [0.15, 0.2) is 0 Å². The summed E-state index contributed by atoms with van der Waals surface area (Å²) in [5.41, 5.74) is -2.75. The molecule has 378 valence electrons. The highest BCUT2D eigenvalue weighted by atomic mass is 19.4. The van der Waals surface area contributed by atoms with Crippen LogP contribution in [0.4, 0.5) is 119 Å². The highest BCUT2D eigenvalue weighted by Crippen LogP contribution is 2.62. The molecule has 0 aromatic heterocycles. The van der Waals surface area contributed by atoms with Gasteiger partial charge in [-0.3, -0.25) is 14.4 Å². The second-order valence-corrected chi connectivity index (χ2v) is 14.6. The van der Waals surface area contributed by atoms with Gasteiger partial charge in [0.05, 0.1) is 0 Å². The van der Waals surface area contributed by atoms with E-state index in [0.717, 1.165) is 12.1 Å². The van der Waals surface area contributed by atoms with Crippen LogP contribution in [0, 0.1) is 0 Å². The van der Waals surface area contributed by atoms with E-state index >= 15 is 0 Å². The Kier molecular flexibility index (Phi) is 13.6. The number of hydrogen-bond acceptors (Lipinski definition) is 5. The smallest absolute Gasteiger partial charge is 0.432 e. The van der Waals surface area contributed by atoms with Gasteiger partial charge in [-0.05, 0) is 46.2 Å². The minimum Gasteiger partial charge on any atom is -0.432 e. The lowest BCUT2D eigenvalue weighted by atomic mass is 9.90. The molecule has 1 heterocycles. The molecule has 2 aromatic rings. The zero-order valence-corrected chi connectivity index (χ0v) is 31.8. The predicted octanol–water partition coefficient (Wildman–Crippen LogP) is 12.4. The summed E-state index contributed by atoms with van der Waals surface area (Å²) in [5.74, 6) is -81.1. The number of hydrogen-bond donors (Lipinski definition) is 0. The fourth-order valence-corrected chi connectivity index (χ4v) is 6.38. The van der Waals surface area contributed by atoms with Crippen LogP contribution in [0.2, 0.25) is 0 Å². The maximum absolute atomic E-state index is 14.6. The van der Waals surface area contributed by atoms with Crippen molar-refractivity contribution in [3.05, 3.63) is 58.7 Å². The first kappa shape index (κ1) is 54.6. The molecule has 0 atom stereocenters. The van der Waals surface area contributed by atoms with E-state index in [2.05, 4.69) is 4.84 Å². The van der Waals surface area contributed by atoms with Gasteiger partial charge in [0.25, 0.3) is 11.8 Å². The van der Waals surface area contributed by atoms with Crippen LogP contribution in [0.25, 0.3) is 11.1 Å². The number of ether oxygens (including phenoxy) is 1. The van der Waals surface area contributed by atoms with Gasteiger partial charge in [-0.2, -0.15) is 114 Å². The first-order valence-electron chi connectivity index (χ1n) is 17.7. The number of halogens is 26. The van der Waals surface area contributed by atoms with Crippen molar-refractivity contribution >= 4 is 18.0 Å². The predicted molar refractivity (Wildman–Crippen MR) is 165 cm³/mol. The first-order valence-corrected chi connectivity index (χ1v) is 17.7. The number of hydroxylamine groups is 2. The monoisotopic (exact) mass is 1030 g/mol. The molecule has 0 radical (unpaired) electrons. The number of nitrogens with zero attached hydrogens (tertiary/aromatic N) is 1. The summed E-state index contributed by atoms with van der Waals surface area (Å²) in [6, 6.07) is 4.23. The van der Waals surface area contributed by atoms with Gasteiger partial charge < -0.3 is 4.74 Å². The highest BCUT2D eigenvalue weighted by molar-refractivity contribution is 6.01. The number of amides is 2. The maximum atomic E-state index is 14.6. The molecule has 0 saturated carbocycles. The second-order valence-electron chi connectivity index (χ2n) is 14.6. The minimum absolute atomic E-state index is 0.103. The van der Waals surface area contributed by atoms with E-state index < -0.39 is 163 Å². The van der Waals surface area contributed by atoms with Gasteiger partial charge in [-0.25, -0.2) is 4.79 Å². The standard InChI is InChI=1S/C35H21F26NO5/c36-24(37,26(40,41)28(44,45)30(48,49)32(52,53)34(56,57)58)9-7-14-1-3-16-17-4-2-15(8-10-25(38,39)27(42,43)29(46,47)31(50,51)33(54,55)35(59,60)61)12-19(17)20(18(16)11-14)13-66-23(65)67-62-21(63)5-6-22(62)64/h1-4,11-12,20H,5-10,13H2. The van der Waals surface area contributed by atoms with E-state index in [0.29, 0.717) is 24.3 Å². The summed E-state index contributed by atoms with van der Waals surface area (Å²) in [6.45, 7) is -1.20. The molecular weight excluding hydrogens is 1010 g/mol. The Hall–Kier alpha value is -4.97. The van der Waals surface area contributed by atoms with Crippen molar-refractivity contribution in [1.82, 2.24) is 5.06 Å². The lowest BCUT2D eigenvalue weighted by Crippen LogP contribution is -2.70. The van der Waals surface area contributed by atoms with Crippen LogP contribution in [0.15, 0.2) is 36.4 Å². The first-order chi connectivity index (χ1) is 29.8. The third-order valence-corrected chi connectivity index (χ3v) is 10.3. The Balaban J connectivity index is 1.68. The summed E-state index contributed by atoms with van der Waals surface area (Å²) in [6.07, 6.45) is -27.1. The molecule has 0 N–H and O–H groups in total. The van der Waals surface area contributed by atoms with E-state index in [1.807, 2.05) is 0 Å². The Bertz CT molecular complexity index is 2090. The van der Waals surface area contributed by atoms with Crippen molar-refractivity contribution in [2.45, 2.75) is 116 Å². The molecule has 1 fully saturated rings. The van der Waals surface area contributed by atoms with Crippen molar-refractivity contribution < 1.29 is 138 Å². The number of aryl methyl sites for hydroxylation is 2. The summed E-state index contributed by atoms with van der Waals surface area (Å²) in [4.78, 5) is 40.4. The molecule has 4 rings (SSSR count). The fourth-order valence-electron chi connectivity index (χ4n) is 6.38. The molecule has 2 aliphatic rings. The molecular formula is C35H21F26NO5. The van der Waals surface area contributed by atoms with Gasteiger partial charge in [0, 0.05) is 31.6 Å². The zero-order valence-electron chi connectivity index (χ0n) is 31.8. The van der Waals surface area contributed by atoms with E-state index in [1.54, 1.807) is 0 Å². The maximum Gasteiger partial charge on any atom is 0.533 e. The van der Waals surface area contributed by atoms with Crippen LogP contribution >= 0.6 is 0 Å². The molecule has 0 spiro atoms. The van der Waals surface area contributed by atoms with E-state index in [-0.39, 0.29) is 16.2 Å². The average molecular weight is 1030 g/mol. The average Bonchev–Trinajstić information content (AvgIpc) is 3.67. The number of carbonyl (C=O) groups is 3. The molecule has 32 heteroatoms. The summed E-state index contributed by atoms with van der Waals surface area (Å²) < 4.78 is 359. The van der Waals surface area contributed by atoms with Crippen molar-refractivity contribution in [2.24, 2.45) is 0 Å². The number of alkyl halides is 26. The Morgan fingerprint density at radius 3 is 1.10 bits per heavy atom. The SMILES string of the molecule is O=C(OCC1c2cc(CCC(F)(F)C(F)(F)C(F)(F)C(F)(F)C(F)(F)C(F)(F)F)ccc2-c2ccc(CCC(F)(F)C(F)(F)C(F)(F)C(F)(F)C(F)(F)C(F)(F)F)cc21)ON1C(=O)CCC1=O. The van der Waals surface area contributed by atoms with Crippen LogP contribution in [0.5, 0.6) is 0 Å². The number of carbonyl (C=O) groups excluding carboxylic acids is 3. The zero-order chi connectivity index (χ0) is 52.0. The van der Waals surface area contributed by atoms with Crippen LogP contribution in [-0.4, -0.2) is 101 Å². The highest BCUT2D eigenvalue weighted by Gasteiger charge is 2.92. The number of benzene rings is 2. The van der Waals surface area contributed by atoms with Gasteiger partial charge >= 0.3 is 77.7 Å². The van der Waals surface area contributed by atoms with Crippen LogP contribution in [0.3, 0.4) is 0 Å². The normalized spacial score (nSPS) is 16.7. The summed E-state index contributed by atoms with van der Waals surface area (Å²) in [7, 11) is 0. The van der Waals surface area contributed by atoms with Crippen LogP contribution in [0.1, 0.15) is 53.9 Å². The van der Waals surface area contributed by atoms with Crippen molar-refractivity contribution in [3.63, 3.8) is 0 Å². The van der Waals surface area contributed by atoms with E-state index in [4.69, 9.17) is 4.74 Å². The lowest BCUT2D eigenvalue weighted by Gasteiger charge is -2.39. The Morgan fingerprint density at radius 1 is 0.478 bits per heavy atom. The molecule has 6 nitrogen and oxygen atoms in total. The molecule has 2 amide bonds. The second kappa shape index (κ2) is 16.6. The Labute approximate surface area is 354 Å². The minimum atomic E-state index is -8.21.